The Bertz CT molecular complexity index is 1890. The van der Waals surface area contributed by atoms with Gasteiger partial charge < -0.3 is 29.6 Å². The van der Waals surface area contributed by atoms with E-state index in [4.69, 9.17) is 9.47 Å². The Labute approximate surface area is 294 Å². The highest BCUT2D eigenvalue weighted by Gasteiger charge is 2.34. The van der Waals surface area contributed by atoms with Crippen LogP contribution in [0, 0.1) is 13.8 Å². The van der Waals surface area contributed by atoms with Crippen LogP contribution in [0.4, 0.5) is 5.69 Å². The van der Waals surface area contributed by atoms with Crippen LogP contribution in [0.5, 0.6) is 5.75 Å². The molecule has 11 nitrogen and oxygen atoms in total. The zero-order chi connectivity index (χ0) is 34.8. The van der Waals surface area contributed by atoms with E-state index in [0.29, 0.717) is 59.2 Å². The zero-order valence-corrected chi connectivity index (χ0v) is 29.8. The van der Waals surface area contributed by atoms with Crippen molar-refractivity contribution in [2.75, 3.05) is 71.0 Å². The van der Waals surface area contributed by atoms with Crippen LogP contribution in [0.3, 0.4) is 0 Å². The van der Waals surface area contributed by atoms with Crippen LogP contribution in [-0.2, 0) is 25.1 Å². The van der Waals surface area contributed by atoms with E-state index < -0.39 is 9.84 Å². The third-order valence-corrected chi connectivity index (χ3v) is 12.2. The highest BCUT2D eigenvalue weighted by Crippen LogP contribution is 2.37. The first-order valence-electron chi connectivity index (χ1n) is 17.8. The predicted molar refractivity (Wildman–Crippen MR) is 193 cm³/mol. The van der Waals surface area contributed by atoms with Gasteiger partial charge in [0, 0.05) is 67.0 Å². The van der Waals surface area contributed by atoms with Gasteiger partial charge in [-0.15, -0.1) is 0 Å². The van der Waals surface area contributed by atoms with Crippen molar-refractivity contribution in [1.29, 1.82) is 0 Å². The summed E-state index contributed by atoms with van der Waals surface area (Å²) in [5, 5.41) is 2.88. The fourth-order valence-electron chi connectivity index (χ4n) is 7.75. The Morgan fingerprint density at radius 1 is 1.00 bits per heavy atom. The van der Waals surface area contributed by atoms with E-state index in [9.17, 15) is 18.0 Å². The molecule has 2 N–H and O–H groups in total. The predicted octanol–water partition coefficient (Wildman–Crippen LogP) is 4.51. The third kappa shape index (κ3) is 7.25. The van der Waals surface area contributed by atoms with Crippen LogP contribution in [0.2, 0.25) is 0 Å². The minimum atomic E-state index is -3.80. The number of amides is 2. The number of aryl methyl sites for hydroxylation is 1. The number of hydrogen-bond acceptors (Lipinski definition) is 8. The van der Waals surface area contributed by atoms with Gasteiger partial charge in [0.2, 0.25) is 0 Å². The number of anilines is 1. The van der Waals surface area contributed by atoms with Crippen molar-refractivity contribution in [2.45, 2.75) is 56.2 Å². The van der Waals surface area contributed by atoms with Gasteiger partial charge >= 0.3 is 0 Å². The van der Waals surface area contributed by atoms with Crippen molar-refractivity contribution >= 4 is 39.0 Å². The number of H-pyrrole nitrogens is 1. The molecule has 3 fully saturated rings. The number of aromatic amines is 1. The lowest BCUT2D eigenvalue weighted by atomic mass is 10.0. The Hall–Kier alpha value is -3.97. The van der Waals surface area contributed by atoms with E-state index >= 15 is 0 Å². The van der Waals surface area contributed by atoms with Crippen LogP contribution in [0.1, 0.15) is 64.1 Å². The standard InChI is InChI=1S/C38H47N5O6S/c1-26-34(39-27(2)36(26)38(45)43-15-7-9-29(43)24-42-13-5-6-14-42)23-32-31-22-30(11-12-33(31)40-37(32)44)50(46,47)25-28-8-3-4-10-35(28)49-21-18-41-16-19-48-20-17-41/h3-4,8,10-12,22-23,29,39H,5-7,9,13-21,24-25H2,1-2H3,(H,40,44)/b32-23-/t29-/m1/s1. The summed E-state index contributed by atoms with van der Waals surface area (Å²) >= 11 is 0. The van der Waals surface area contributed by atoms with E-state index in [1.807, 2.05) is 30.9 Å². The molecule has 0 bridgehead atoms. The molecule has 3 aromatic rings. The molecule has 0 saturated carbocycles. The van der Waals surface area contributed by atoms with Gasteiger partial charge in [0.15, 0.2) is 9.84 Å². The number of para-hydroxylation sites is 1. The highest BCUT2D eigenvalue weighted by molar-refractivity contribution is 7.90. The number of nitrogens with zero attached hydrogens (tertiary/aromatic N) is 3. The molecule has 12 heteroatoms. The smallest absolute Gasteiger partial charge is 0.256 e. The van der Waals surface area contributed by atoms with Crippen molar-refractivity contribution in [1.82, 2.24) is 19.7 Å². The Morgan fingerprint density at radius 2 is 1.78 bits per heavy atom. The molecule has 1 aromatic heterocycles. The van der Waals surface area contributed by atoms with E-state index in [1.54, 1.807) is 30.3 Å². The molecule has 0 radical (unpaired) electrons. The van der Waals surface area contributed by atoms with Crippen LogP contribution < -0.4 is 10.1 Å². The van der Waals surface area contributed by atoms with Gasteiger partial charge in [0.1, 0.15) is 12.4 Å². The van der Waals surface area contributed by atoms with Crippen molar-refractivity contribution in [3.8, 4) is 5.75 Å². The summed E-state index contributed by atoms with van der Waals surface area (Å²) in [6, 6.07) is 12.2. The third-order valence-electron chi connectivity index (χ3n) is 10.5. The number of carbonyl (C=O) groups is 2. The number of rotatable bonds is 11. The molecule has 3 saturated heterocycles. The molecular weight excluding hydrogens is 655 g/mol. The number of fused-ring (bicyclic) bond motifs is 1. The molecule has 266 valence electrons. The Morgan fingerprint density at radius 3 is 2.58 bits per heavy atom. The maximum absolute atomic E-state index is 14.0. The topological polar surface area (TPSA) is 124 Å². The van der Waals surface area contributed by atoms with Gasteiger partial charge in [0.25, 0.3) is 11.8 Å². The fourth-order valence-corrected chi connectivity index (χ4v) is 9.14. The number of likely N-dealkylation sites (tertiary alicyclic amines) is 2. The average Bonchev–Trinajstić information content (AvgIpc) is 3.90. The van der Waals surface area contributed by atoms with Crippen LogP contribution >= 0.6 is 0 Å². The monoisotopic (exact) mass is 701 g/mol. The normalized spacial score (nSPS) is 20.8. The number of sulfone groups is 1. The number of aromatic nitrogens is 1. The lowest BCUT2D eigenvalue weighted by molar-refractivity contribution is -0.110. The first-order chi connectivity index (χ1) is 24.2. The quantitative estimate of drug-likeness (QED) is 0.280. The van der Waals surface area contributed by atoms with Gasteiger partial charge in [-0.3, -0.25) is 14.5 Å². The molecule has 5 heterocycles. The van der Waals surface area contributed by atoms with Crippen molar-refractivity contribution in [2.24, 2.45) is 0 Å². The van der Waals surface area contributed by atoms with Gasteiger partial charge in [-0.1, -0.05) is 18.2 Å². The SMILES string of the molecule is Cc1[nH]c(/C=C2\C(=O)Nc3ccc(S(=O)(=O)Cc4ccccc4OCCN4CCOCC4)cc32)c(C)c1C(=O)N1CCC[C@@H]1CN1CCCC1. The molecule has 2 aromatic carbocycles. The van der Waals surface area contributed by atoms with Gasteiger partial charge in [-0.05, 0) is 88.5 Å². The molecule has 2 amide bonds. The molecule has 50 heavy (non-hydrogen) atoms. The summed E-state index contributed by atoms with van der Waals surface area (Å²) in [5.41, 5.74) is 4.83. The number of morpholine rings is 1. The molecule has 0 unspecified atom stereocenters. The zero-order valence-electron chi connectivity index (χ0n) is 29.0. The minimum Gasteiger partial charge on any atom is -0.492 e. The summed E-state index contributed by atoms with van der Waals surface area (Å²) in [5.74, 6) is 0.00774. The van der Waals surface area contributed by atoms with Crippen molar-refractivity contribution in [3.05, 3.63) is 76.1 Å². The van der Waals surface area contributed by atoms with Crippen LogP contribution in [-0.4, -0.2) is 112 Å². The second kappa shape index (κ2) is 14.7. The number of benzene rings is 2. The van der Waals surface area contributed by atoms with Gasteiger partial charge in [-0.2, -0.15) is 0 Å². The first kappa shape index (κ1) is 34.5. The summed E-state index contributed by atoms with van der Waals surface area (Å²) in [6.07, 6.45) is 6.19. The van der Waals surface area contributed by atoms with E-state index in [-0.39, 0.29) is 28.5 Å². The van der Waals surface area contributed by atoms with Crippen molar-refractivity contribution in [3.63, 3.8) is 0 Å². The molecule has 4 aliphatic rings. The lowest BCUT2D eigenvalue weighted by Gasteiger charge is -2.28. The van der Waals surface area contributed by atoms with Crippen molar-refractivity contribution < 1.29 is 27.5 Å². The van der Waals surface area contributed by atoms with E-state index in [2.05, 4.69) is 20.1 Å². The van der Waals surface area contributed by atoms with E-state index in [0.717, 1.165) is 69.9 Å². The summed E-state index contributed by atoms with van der Waals surface area (Å²) < 4.78 is 39.1. The van der Waals surface area contributed by atoms with Crippen LogP contribution in [0.25, 0.3) is 11.6 Å². The molecule has 7 rings (SSSR count). The largest absolute Gasteiger partial charge is 0.492 e. The van der Waals surface area contributed by atoms with Gasteiger partial charge in [-0.25, -0.2) is 8.42 Å². The second-order valence-electron chi connectivity index (χ2n) is 13.9. The second-order valence-corrected chi connectivity index (χ2v) is 15.8. The minimum absolute atomic E-state index is 0.0256. The number of hydrogen-bond donors (Lipinski definition) is 2. The summed E-state index contributed by atoms with van der Waals surface area (Å²) in [7, 11) is -3.80. The maximum Gasteiger partial charge on any atom is 0.256 e. The summed E-state index contributed by atoms with van der Waals surface area (Å²) in [4.78, 5) is 37.4. The average molecular weight is 702 g/mol. The lowest BCUT2D eigenvalue weighted by Crippen LogP contribution is -2.42. The molecule has 0 aliphatic carbocycles. The number of ether oxygens (including phenoxy) is 2. The van der Waals surface area contributed by atoms with E-state index in [1.165, 1.54) is 18.9 Å². The summed E-state index contributed by atoms with van der Waals surface area (Å²) in [6.45, 7) is 12.0. The Kier molecular flexibility index (Phi) is 10.1. The Balaban J connectivity index is 1.09. The molecule has 4 aliphatic heterocycles. The maximum atomic E-state index is 14.0. The molecule has 0 spiro atoms. The fraction of sp³-hybridized carbons (Fsp3) is 0.474. The van der Waals surface area contributed by atoms with Crippen LogP contribution in [0.15, 0.2) is 47.4 Å². The number of nitrogens with one attached hydrogen (secondary N) is 2. The highest BCUT2D eigenvalue weighted by atomic mass is 32.2. The molecule has 1 atom stereocenters. The molecular formula is C38H47N5O6S. The van der Waals surface area contributed by atoms with Gasteiger partial charge in [0.05, 0.1) is 35.0 Å². The number of carbonyl (C=O) groups excluding carboxylic acids is 2. The first-order valence-corrected chi connectivity index (χ1v) is 19.5.